The summed E-state index contributed by atoms with van der Waals surface area (Å²) in [4.78, 5) is 14.9. The van der Waals surface area contributed by atoms with Gasteiger partial charge in [-0.3, -0.25) is 15.1 Å². The van der Waals surface area contributed by atoms with Crippen LogP contribution in [0.2, 0.25) is 0 Å². The summed E-state index contributed by atoms with van der Waals surface area (Å²) in [5.74, 6) is 0. The molecule has 6 heteroatoms. The molecule has 1 atom stereocenters. The van der Waals surface area contributed by atoms with E-state index in [2.05, 4.69) is 10.3 Å². The minimum Gasteiger partial charge on any atom is -0.396 e. The van der Waals surface area contributed by atoms with Gasteiger partial charge in [0.15, 0.2) is 0 Å². The van der Waals surface area contributed by atoms with Crippen molar-refractivity contribution in [2.24, 2.45) is 0 Å². The summed E-state index contributed by atoms with van der Waals surface area (Å²) in [6.07, 6.45) is 3.10. The van der Waals surface area contributed by atoms with Crippen molar-refractivity contribution in [1.82, 2.24) is 4.98 Å². The summed E-state index contributed by atoms with van der Waals surface area (Å²) in [7, 11) is 0. The van der Waals surface area contributed by atoms with Crippen LogP contribution in [0.1, 0.15) is 19.8 Å². The minimum absolute atomic E-state index is 0.0499. The summed E-state index contributed by atoms with van der Waals surface area (Å²) in [6.45, 7) is 2.12. The maximum absolute atomic E-state index is 11.0. The fourth-order valence-corrected chi connectivity index (χ4v) is 2.19. The first-order chi connectivity index (χ1) is 9.67. The number of nitro groups is 1. The SMILES string of the molecule is CCC(CCO)Nc1ccc([N+](=O)[O-])c2cccnc12. The molecule has 0 aliphatic heterocycles. The summed E-state index contributed by atoms with van der Waals surface area (Å²) >= 11 is 0. The molecule has 0 amide bonds. The predicted octanol–water partition coefficient (Wildman–Crippen LogP) is 2.72. The number of hydrogen-bond donors (Lipinski definition) is 2. The van der Waals surface area contributed by atoms with Crippen LogP contribution < -0.4 is 5.32 Å². The smallest absolute Gasteiger partial charge is 0.278 e. The second kappa shape index (κ2) is 6.29. The number of benzene rings is 1. The van der Waals surface area contributed by atoms with Gasteiger partial charge in [0.25, 0.3) is 5.69 Å². The Labute approximate surface area is 116 Å². The van der Waals surface area contributed by atoms with Gasteiger partial charge < -0.3 is 10.4 Å². The largest absolute Gasteiger partial charge is 0.396 e. The Hall–Kier alpha value is -2.21. The number of aromatic nitrogens is 1. The van der Waals surface area contributed by atoms with Gasteiger partial charge in [-0.25, -0.2) is 0 Å². The van der Waals surface area contributed by atoms with Crippen LogP contribution >= 0.6 is 0 Å². The number of hydrogen-bond acceptors (Lipinski definition) is 5. The van der Waals surface area contributed by atoms with E-state index in [9.17, 15) is 10.1 Å². The zero-order valence-corrected chi connectivity index (χ0v) is 11.2. The average molecular weight is 275 g/mol. The van der Waals surface area contributed by atoms with Crippen LogP contribution in [0.4, 0.5) is 11.4 Å². The van der Waals surface area contributed by atoms with Gasteiger partial charge in [0.1, 0.15) is 5.52 Å². The highest BCUT2D eigenvalue weighted by Gasteiger charge is 2.16. The molecule has 6 nitrogen and oxygen atoms in total. The Kier molecular flexibility index (Phi) is 4.47. The van der Waals surface area contributed by atoms with Crippen LogP contribution in [0.3, 0.4) is 0 Å². The Morgan fingerprint density at radius 1 is 1.45 bits per heavy atom. The van der Waals surface area contributed by atoms with Crippen molar-refractivity contribution in [2.45, 2.75) is 25.8 Å². The zero-order valence-electron chi connectivity index (χ0n) is 11.2. The Balaban J connectivity index is 2.45. The first kappa shape index (κ1) is 14.2. The molecule has 2 rings (SSSR count). The quantitative estimate of drug-likeness (QED) is 0.625. The third-order valence-corrected chi connectivity index (χ3v) is 3.27. The number of nitro benzene ring substituents is 1. The number of rotatable bonds is 6. The molecule has 1 unspecified atom stereocenters. The molecular formula is C14H17N3O3. The molecule has 20 heavy (non-hydrogen) atoms. The predicted molar refractivity (Wildman–Crippen MR) is 77.8 cm³/mol. The van der Waals surface area contributed by atoms with Crippen LogP contribution in [0.25, 0.3) is 10.9 Å². The molecule has 1 aromatic heterocycles. The molecule has 0 bridgehead atoms. The fourth-order valence-electron chi connectivity index (χ4n) is 2.19. The van der Waals surface area contributed by atoms with Gasteiger partial charge in [-0.05, 0) is 31.0 Å². The van der Waals surface area contributed by atoms with Crippen LogP contribution in [0, 0.1) is 10.1 Å². The van der Waals surface area contributed by atoms with Gasteiger partial charge in [-0.2, -0.15) is 0 Å². The van der Waals surface area contributed by atoms with Crippen LogP contribution in [0.5, 0.6) is 0 Å². The lowest BCUT2D eigenvalue weighted by molar-refractivity contribution is -0.383. The zero-order chi connectivity index (χ0) is 14.5. The highest BCUT2D eigenvalue weighted by Crippen LogP contribution is 2.30. The second-order valence-electron chi connectivity index (χ2n) is 4.55. The molecule has 0 aliphatic carbocycles. The molecule has 106 valence electrons. The van der Waals surface area contributed by atoms with E-state index in [4.69, 9.17) is 5.11 Å². The average Bonchev–Trinajstić information content (AvgIpc) is 2.46. The van der Waals surface area contributed by atoms with Crippen molar-refractivity contribution in [1.29, 1.82) is 0 Å². The molecule has 2 N–H and O–H groups in total. The first-order valence-corrected chi connectivity index (χ1v) is 6.57. The van der Waals surface area contributed by atoms with E-state index < -0.39 is 4.92 Å². The monoisotopic (exact) mass is 275 g/mol. The molecule has 0 spiro atoms. The fraction of sp³-hybridized carbons (Fsp3) is 0.357. The van der Waals surface area contributed by atoms with E-state index in [0.29, 0.717) is 17.3 Å². The van der Waals surface area contributed by atoms with Gasteiger partial charge in [0, 0.05) is 24.9 Å². The summed E-state index contributed by atoms with van der Waals surface area (Å²) in [5.41, 5.74) is 1.39. The second-order valence-corrected chi connectivity index (χ2v) is 4.55. The van der Waals surface area contributed by atoms with E-state index in [1.54, 1.807) is 24.4 Å². The Morgan fingerprint density at radius 3 is 2.90 bits per heavy atom. The summed E-state index contributed by atoms with van der Waals surface area (Å²) in [5, 5.41) is 23.9. The molecule has 2 aromatic rings. The van der Waals surface area contributed by atoms with Crippen molar-refractivity contribution in [3.05, 3.63) is 40.6 Å². The highest BCUT2D eigenvalue weighted by molar-refractivity contribution is 5.96. The van der Waals surface area contributed by atoms with E-state index >= 15 is 0 Å². The van der Waals surface area contributed by atoms with Crippen LogP contribution in [-0.4, -0.2) is 27.7 Å². The lowest BCUT2D eigenvalue weighted by atomic mass is 10.1. The van der Waals surface area contributed by atoms with Gasteiger partial charge in [-0.1, -0.05) is 6.92 Å². The molecular weight excluding hydrogens is 258 g/mol. The van der Waals surface area contributed by atoms with Crippen LogP contribution in [0.15, 0.2) is 30.5 Å². The van der Waals surface area contributed by atoms with Gasteiger partial charge in [0.2, 0.25) is 0 Å². The highest BCUT2D eigenvalue weighted by atomic mass is 16.6. The molecule has 0 fully saturated rings. The van der Waals surface area contributed by atoms with Crippen LogP contribution in [-0.2, 0) is 0 Å². The van der Waals surface area contributed by atoms with E-state index in [0.717, 1.165) is 12.1 Å². The number of pyridine rings is 1. The molecule has 1 heterocycles. The number of nitrogens with one attached hydrogen (secondary N) is 1. The summed E-state index contributed by atoms with van der Waals surface area (Å²) in [6, 6.07) is 6.65. The van der Waals surface area contributed by atoms with Gasteiger partial charge in [-0.15, -0.1) is 0 Å². The maximum atomic E-state index is 11.0. The molecule has 0 aliphatic rings. The number of aliphatic hydroxyl groups excluding tert-OH is 1. The number of fused-ring (bicyclic) bond motifs is 1. The number of anilines is 1. The van der Waals surface area contributed by atoms with E-state index in [1.807, 2.05) is 6.92 Å². The number of non-ortho nitro benzene ring substituents is 1. The maximum Gasteiger partial charge on any atom is 0.278 e. The first-order valence-electron chi connectivity index (χ1n) is 6.57. The molecule has 0 saturated carbocycles. The number of nitrogens with zero attached hydrogens (tertiary/aromatic N) is 2. The lowest BCUT2D eigenvalue weighted by Crippen LogP contribution is -2.20. The third kappa shape index (κ3) is 2.85. The summed E-state index contributed by atoms with van der Waals surface area (Å²) < 4.78 is 0. The minimum atomic E-state index is -0.404. The van der Waals surface area contributed by atoms with Gasteiger partial charge >= 0.3 is 0 Å². The van der Waals surface area contributed by atoms with E-state index in [-0.39, 0.29) is 18.3 Å². The molecule has 0 radical (unpaired) electrons. The van der Waals surface area contributed by atoms with Crippen molar-refractivity contribution >= 4 is 22.3 Å². The third-order valence-electron chi connectivity index (χ3n) is 3.27. The standard InChI is InChI=1S/C14H17N3O3/c1-2-10(7-9-18)16-12-5-6-13(17(19)20)11-4-3-8-15-14(11)12/h3-6,8,10,16,18H,2,7,9H2,1H3. The topological polar surface area (TPSA) is 88.3 Å². The molecule has 0 saturated heterocycles. The van der Waals surface area contributed by atoms with Crippen molar-refractivity contribution in [3.63, 3.8) is 0 Å². The normalized spacial score (nSPS) is 12.3. The van der Waals surface area contributed by atoms with Crippen molar-refractivity contribution in [3.8, 4) is 0 Å². The Morgan fingerprint density at radius 2 is 2.25 bits per heavy atom. The van der Waals surface area contributed by atoms with Crippen molar-refractivity contribution < 1.29 is 10.0 Å². The van der Waals surface area contributed by atoms with Gasteiger partial charge in [0.05, 0.1) is 16.0 Å². The van der Waals surface area contributed by atoms with Crippen molar-refractivity contribution in [2.75, 3.05) is 11.9 Å². The molecule has 1 aromatic carbocycles. The Bertz CT molecular complexity index is 616. The lowest BCUT2D eigenvalue weighted by Gasteiger charge is -2.18. The van der Waals surface area contributed by atoms with E-state index in [1.165, 1.54) is 6.07 Å². The number of aliphatic hydroxyl groups is 1.